The number of anilines is 2. The zero-order chi connectivity index (χ0) is 36.8. The van der Waals surface area contributed by atoms with E-state index in [9.17, 15) is 26.4 Å². The molecule has 12 nitrogen and oxygen atoms in total. The van der Waals surface area contributed by atoms with Gasteiger partial charge in [-0.25, -0.2) is 16.8 Å². The number of sulfonamides is 2. The van der Waals surface area contributed by atoms with Crippen LogP contribution in [0, 0.1) is 13.8 Å². The third kappa shape index (κ3) is 8.99. The first kappa shape index (κ1) is 37.2. The van der Waals surface area contributed by atoms with Crippen molar-refractivity contribution >= 4 is 43.2 Å². The number of benzene rings is 4. The fourth-order valence-corrected chi connectivity index (χ4v) is 7.80. The standard InChI is InChI=1S/C37H42N4O8S2/c1-28-6-18-34(19-7-28)50(44,45)38(3)30-10-14-32(15-11-30)48-26-36(42)40-22-5-23-41(25-24-40)37(43)27-49-33-16-12-31(13-17-33)39(4)51(46,47)35-20-8-29(2)9-21-35/h6-21H,5,22-27H2,1-4H3. The smallest absolute Gasteiger partial charge is 0.264 e. The van der Waals surface area contributed by atoms with E-state index in [-0.39, 0.29) is 34.8 Å². The number of ether oxygens (including phenoxy) is 2. The third-order valence-electron chi connectivity index (χ3n) is 8.69. The van der Waals surface area contributed by atoms with Gasteiger partial charge in [-0.2, -0.15) is 0 Å². The number of hydrogen-bond donors (Lipinski definition) is 0. The number of carbonyl (C=O) groups is 2. The molecule has 4 aromatic carbocycles. The van der Waals surface area contributed by atoms with Crippen LogP contribution in [0.25, 0.3) is 0 Å². The predicted molar refractivity (Wildman–Crippen MR) is 195 cm³/mol. The Bertz CT molecular complexity index is 1890. The van der Waals surface area contributed by atoms with Crippen LogP contribution in [0.1, 0.15) is 17.5 Å². The van der Waals surface area contributed by atoms with E-state index >= 15 is 0 Å². The normalized spacial score (nSPS) is 13.6. The summed E-state index contributed by atoms with van der Waals surface area (Å²) >= 11 is 0. The Morgan fingerprint density at radius 3 is 1.22 bits per heavy atom. The van der Waals surface area contributed by atoms with Gasteiger partial charge < -0.3 is 19.3 Å². The Morgan fingerprint density at radius 1 is 0.549 bits per heavy atom. The van der Waals surface area contributed by atoms with Crippen molar-refractivity contribution in [2.45, 2.75) is 30.1 Å². The molecule has 2 amide bonds. The summed E-state index contributed by atoms with van der Waals surface area (Å²) < 4.78 is 65.9. The highest BCUT2D eigenvalue weighted by Crippen LogP contribution is 2.26. The van der Waals surface area contributed by atoms with E-state index in [0.717, 1.165) is 11.1 Å². The van der Waals surface area contributed by atoms with Crippen LogP contribution in [0.3, 0.4) is 0 Å². The van der Waals surface area contributed by atoms with Gasteiger partial charge in [0.1, 0.15) is 11.5 Å². The number of carbonyl (C=O) groups excluding carboxylic acids is 2. The van der Waals surface area contributed by atoms with Crippen molar-refractivity contribution in [3.05, 3.63) is 108 Å². The molecule has 0 radical (unpaired) electrons. The molecule has 51 heavy (non-hydrogen) atoms. The van der Waals surface area contributed by atoms with Gasteiger partial charge >= 0.3 is 0 Å². The molecule has 5 rings (SSSR count). The average molecular weight is 735 g/mol. The van der Waals surface area contributed by atoms with Crippen LogP contribution in [-0.4, -0.2) is 91.9 Å². The lowest BCUT2D eigenvalue weighted by molar-refractivity contribution is -0.135. The number of hydrogen-bond acceptors (Lipinski definition) is 8. The molecule has 4 aromatic rings. The van der Waals surface area contributed by atoms with E-state index in [1.165, 1.54) is 22.7 Å². The average Bonchev–Trinajstić information content (AvgIpc) is 3.40. The van der Waals surface area contributed by atoms with Gasteiger partial charge in [-0.3, -0.25) is 18.2 Å². The van der Waals surface area contributed by atoms with Crippen molar-refractivity contribution < 1.29 is 35.9 Å². The number of nitrogens with zero attached hydrogens (tertiary/aromatic N) is 4. The summed E-state index contributed by atoms with van der Waals surface area (Å²) in [4.78, 5) is 29.6. The van der Waals surface area contributed by atoms with Crippen LogP contribution in [0.2, 0.25) is 0 Å². The van der Waals surface area contributed by atoms with Crippen LogP contribution in [0.4, 0.5) is 11.4 Å². The summed E-state index contributed by atoms with van der Waals surface area (Å²) in [5.41, 5.74) is 2.82. The maximum Gasteiger partial charge on any atom is 0.264 e. The highest BCUT2D eigenvalue weighted by Gasteiger charge is 2.25. The van der Waals surface area contributed by atoms with E-state index in [4.69, 9.17) is 9.47 Å². The summed E-state index contributed by atoms with van der Waals surface area (Å²) in [7, 11) is -4.51. The Labute approximate surface area is 299 Å². The lowest BCUT2D eigenvalue weighted by Crippen LogP contribution is -2.40. The van der Waals surface area contributed by atoms with Crippen LogP contribution in [0.5, 0.6) is 11.5 Å². The molecule has 0 aromatic heterocycles. The van der Waals surface area contributed by atoms with Gasteiger partial charge in [0.2, 0.25) is 0 Å². The number of amides is 2. The number of aryl methyl sites for hydroxylation is 2. The molecule has 0 saturated carbocycles. The van der Waals surface area contributed by atoms with Crippen molar-refractivity contribution in [1.29, 1.82) is 0 Å². The van der Waals surface area contributed by atoms with Crippen LogP contribution in [-0.2, 0) is 29.6 Å². The molecule has 0 unspecified atom stereocenters. The molecule has 1 aliphatic heterocycles. The first-order valence-electron chi connectivity index (χ1n) is 16.4. The van der Waals surface area contributed by atoms with E-state index in [2.05, 4.69) is 0 Å². The molecule has 0 N–H and O–H groups in total. The minimum absolute atomic E-state index is 0.191. The van der Waals surface area contributed by atoms with E-state index in [1.807, 2.05) is 13.8 Å². The molecule has 1 fully saturated rings. The first-order chi connectivity index (χ1) is 24.3. The molecule has 270 valence electrons. The second-order valence-corrected chi connectivity index (χ2v) is 16.2. The highest BCUT2D eigenvalue weighted by atomic mass is 32.2. The molecule has 1 aliphatic rings. The lowest BCUT2D eigenvalue weighted by Gasteiger charge is -2.23. The Kier molecular flexibility index (Phi) is 11.6. The quantitative estimate of drug-likeness (QED) is 0.208. The third-order valence-corrected chi connectivity index (χ3v) is 12.3. The van der Waals surface area contributed by atoms with Gasteiger partial charge in [0, 0.05) is 40.3 Å². The van der Waals surface area contributed by atoms with Gasteiger partial charge in [0.05, 0.1) is 21.2 Å². The van der Waals surface area contributed by atoms with Gasteiger partial charge in [0.15, 0.2) is 13.2 Å². The van der Waals surface area contributed by atoms with Crippen LogP contribution < -0.4 is 18.1 Å². The Hall–Kier alpha value is -5.08. The number of rotatable bonds is 12. The second kappa shape index (κ2) is 15.9. The molecule has 0 atom stereocenters. The predicted octanol–water partition coefficient (Wildman–Crippen LogP) is 4.47. The van der Waals surface area contributed by atoms with Crippen LogP contribution >= 0.6 is 0 Å². The highest BCUT2D eigenvalue weighted by molar-refractivity contribution is 7.93. The maximum absolute atomic E-state index is 13.0. The Balaban J connectivity index is 1.07. The van der Waals surface area contributed by atoms with Crippen LogP contribution in [0.15, 0.2) is 107 Å². The molecular formula is C37H42N4O8S2. The van der Waals surface area contributed by atoms with Gasteiger partial charge in [-0.05, 0) is 93.1 Å². The molecule has 0 spiro atoms. The van der Waals surface area contributed by atoms with E-state index < -0.39 is 20.0 Å². The summed E-state index contributed by atoms with van der Waals surface area (Å²) in [6, 6.07) is 26.2. The monoisotopic (exact) mass is 734 g/mol. The van der Waals surface area contributed by atoms with Crippen molar-refractivity contribution in [3.8, 4) is 11.5 Å². The second-order valence-electron chi connectivity index (χ2n) is 12.3. The SMILES string of the molecule is Cc1ccc(S(=O)(=O)N(C)c2ccc(OCC(=O)N3CCCN(C(=O)COc4ccc(N(C)S(=O)(=O)c5ccc(C)cc5)cc4)CC3)cc2)cc1. The fraction of sp³-hybridized carbons (Fsp3) is 0.297. The van der Waals surface area contributed by atoms with E-state index in [1.54, 1.807) is 107 Å². The molecule has 1 saturated heterocycles. The van der Waals surface area contributed by atoms with Crippen molar-refractivity contribution in [2.24, 2.45) is 0 Å². The summed E-state index contributed by atoms with van der Waals surface area (Å²) in [6.45, 7) is 4.98. The summed E-state index contributed by atoms with van der Waals surface area (Å²) in [5.74, 6) is 0.394. The largest absolute Gasteiger partial charge is 0.484 e. The minimum atomic E-state index is -3.74. The van der Waals surface area contributed by atoms with Crippen molar-refractivity contribution in [1.82, 2.24) is 9.80 Å². The van der Waals surface area contributed by atoms with Crippen molar-refractivity contribution in [2.75, 3.05) is 62.1 Å². The van der Waals surface area contributed by atoms with Crippen molar-refractivity contribution in [3.63, 3.8) is 0 Å². The van der Waals surface area contributed by atoms with E-state index in [0.29, 0.717) is 55.5 Å². The topological polar surface area (TPSA) is 134 Å². The fourth-order valence-electron chi connectivity index (χ4n) is 5.41. The minimum Gasteiger partial charge on any atom is -0.484 e. The molecular weight excluding hydrogens is 693 g/mol. The molecule has 1 heterocycles. The molecule has 0 bridgehead atoms. The molecule has 0 aliphatic carbocycles. The first-order valence-corrected chi connectivity index (χ1v) is 19.3. The molecule has 14 heteroatoms. The maximum atomic E-state index is 13.0. The van der Waals surface area contributed by atoms with Gasteiger partial charge in [-0.15, -0.1) is 0 Å². The van der Waals surface area contributed by atoms with Gasteiger partial charge in [0.25, 0.3) is 31.9 Å². The zero-order valence-electron chi connectivity index (χ0n) is 29.1. The zero-order valence-corrected chi connectivity index (χ0v) is 30.7. The summed E-state index contributed by atoms with van der Waals surface area (Å²) in [5, 5.41) is 0. The lowest BCUT2D eigenvalue weighted by atomic mass is 10.2. The Morgan fingerprint density at radius 2 is 0.882 bits per heavy atom. The van der Waals surface area contributed by atoms with Gasteiger partial charge in [-0.1, -0.05) is 35.4 Å². The summed E-state index contributed by atoms with van der Waals surface area (Å²) in [6.07, 6.45) is 0.588.